The van der Waals surface area contributed by atoms with E-state index in [2.05, 4.69) is 4.98 Å². The van der Waals surface area contributed by atoms with Crippen molar-refractivity contribution in [1.29, 1.82) is 0 Å². The fraction of sp³-hybridized carbons (Fsp3) is 0. The first-order valence-corrected chi connectivity index (χ1v) is 10.4. The number of fused-ring (bicyclic) bond motifs is 1. The molecule has 4 aromatic carbocycles. The van der Waals surface area contributed by atoms with Gasteiger partial charge in [0, 0.05) is 22.2 Å². The van der Waals surface area contributed by atoms with Crippen molar-refractivity contribution in [2.75, 3.05) is 0 Å². The lowest BCUT2D eigenvalue weighted by molar-refractivity contribution is 0.483. The number of ether oxygens (including phenoxy) is 2. The molecule has 0 saturated carbocycles. The summed E-state index contributed by atoms with van der Waals surface area (Å²) in [5.41, 5.74) is 2.48. The molecule has 5 aromatic rings. The van der Waals surface area contributed by atoms with Gasteiger partial charge in [-0.25, -0.2) is 4.98 Å². The molecule has 0 aliphatic rings. The average molecular weight is 447 g/mol. The third kappa shape index (κ3) is 4.36. The molecule has 0 bridgehead atoms. The van der Waals surface area contributed by atoms with Crippen molar-refractivity contribution in [1.82, 2.24) is 9.97 Å². The van der Waals surface area contributed by atoms with Crippen LogP contribution in [-0.2, 0) is 0 Å². The van der Waals surface area contributed by atoms with Gasteiger partial charge in [0.25, 0.3) is 0 Å². The van der Waals surface area contributed by atoms with E-state index in [4.69, 9.17) is 37.7 Å². The normalized spacial score (nSPS) is 10.9. The zero-order valence-electron chi connectivity index (χ0n) is 16.2. The molecule has 0 spiro atoms. The summed E-state index contributed by atoms with van der Waals surface area (Å²) in [5.74, 6) is 3.43. The Morgan fingerprint density at radius 1 is 0.645 bits per heavy atom. The number of para-hydroxylation sites is 1. The first kappa shape index (κ1) is 19.5. The van der Waals surface area contributed by atoms with Crippen molar-refractivity contribution in [3.63, 3.8) is 0 Å². The fourth-order valence-electron chi connectivity index (χ4n) is 3.21. The maximum absolute atomic E-state index is 6.22. The Balaban J connectivity index is 1.48. The highest BCUT2D eigenvalue weighted by Crippen LogP contribution is 2.35. The largest absolute Gasteiger partial charge is 0.457 e. The van der Waals surface area contributed by atoms with Crippen LogP contribution in [0.15, 0.2) is 91.0 Å². The molecule has 5 rings (SSSR count). The van der Waals surface area contributed by atoms with Crippen LogP contribution >= 0.6 is 23.2 Å². The van der Waals surface area contributed by atoms with Crippen molar-refractivity contribution in [3.8, 4) is 34.4 Å². The van der Waals surface area contributed by atoms with E-state index in [0.717, 1.165) is 22.3 Å². The van der Waals surface area contributed by atoms with Crippen LogP contribution < -0.4 is 9.47 Å². The van der Waals surface area contributed by atoms with E-state index in [1.807, 2.05) is 72.8 Å². The Kier molecular flexibility index (Phi) is 5.24. The van der Waals surface area contributed by atoms with Gasteiger partial charge in [-0.2, -0.15) is 0 Å². The van der Waals surface area contributed by atoms with Gasteiger partial charge in [0.1, 0.15) is 28.8 Å². The Morgan fingerprint density at radius 2 is 1.35 bits per heavy atom. The maximum Gasteiger partial charge on any atom is 0.142 e. The lowest BCUT2D eigenvalue weighted by Crippen LogP contribution is -1.89. The number of halogens is 2. The van der Waals surface area contributed by atoms with Gasteiger partial charge in [-0.3, -0.25) is 0 Å². The molecule has 0 amide bonds. The van der Waals surface area contributed by atoms with Crippen LogP contribution in [0.2, 0.25) is 10.0 Å². The monoisotopic (exact) mass is 446 g/mol. The number of hydrogen-bond donors (Lipinski definition) is 1. The van der Waals surface area contributed by atoms with E-state index >= 15 is 0 Å². The van der Waals surface area contributed by atoms with Gasteiger partial charge in [-0.05, 0) is 60.7 Å². The Bertz CT molecular complexity index is 1350. The SMILES string of the molecule is Clc1ccc(Oc2ccc3nc(-c4ccc(Cl)cc4Oc4ccccc4)[nH]c3c2)cc1. The van der Waals surface area contributed by atoms with Crippen LogP contribution in [-0.4, -0.2) is 9.97 Å². The average Bonchev–Trinajstić information content (AvgIpc) is 3.19. The predicted octanol–water partition coefficient (Wildman–Crippen LogP) is 8.12. The highest BCUT2D eigenvalue weighted by atomic mass is 35.5. The zero-order chi connectivity index (χ0) is 21.2. The van der Waals surface area contributed by atoms with Gasteiger partial charge >= 0.3 is 0 Å². The highest BCUT2D eigenvalue weighted by Gasteiger charge is 2.13. The van der Waals surface area contributed by atoms with Gasteiger partial charge in [-0.15, -0.1) is 0 Å². The minimum absolute atomic E-state index is 0.587. The fourth-order valence-corrected chi connectivity index (χ4v) is 3.50. The number of rotatable bonds is 5. The van der Waals surface area contributed by atoms with Crippen LogP contribution in [0, 0.1) is 0 Å². The van der Waals surface area contributed by atoms with Crippen LogP contribution in [0.5, 0.6) is 23.0 Å². The summed E-state index contributed by atoms with van der Waals surface area (Å²) in [6.45, 7) is 0. The highest BCUT2D eigenvalue weighted by molar-refractivity contribution is 6.31. The molecule has 152 valence electrons. The summed E-state index contributed by atoms with van der Waals surface area (Å²) in [7, 11) is 0. The Hall–Kier alpha value is -3.47. The van der Waals surface area contributed by atoms with Gasteiger partial charge in [0.15, 0.2) is 0 Å². The molecule has 0 unspecified atom stereocenters. The third-order valence-electron chi connectivity index (χ3n) is 4.67. The number of imidazole rings is 1. The van der Waals surface area contributed by atoms with Crippen molar-refractivity contribution in [2.24, 2.45) is 0 Å². The summed E-state index contributed by atoms with van der Waals surface area (Å²) < 4.78 is 12.0. The quantitative estimate of drug-likeness (QED) is 0.296. The molecule has 0 radical (unpaired) electrons. The third-order valence-corrected chi connectivity index (χ3v) is 5.16. The minimum atomic E-state index is 0.587. The molecule has 0 aliphatic carbocycles. The van der Waals surface area contributed by atoms with E-state index < -0.39 is 0 Å². The molecular formula is C25H16Cl2N2O2. The first-order valence-electron chi connectivity index (χ1n) is 9.60. The molecule has 6 heteroatoms. The Morgan fingerprint density at radius 3 is 2.16 bits per heavy atom. The molecular weight excluding hydrogens is 431 g/mol. The summed E-state index contributed by atoms with van der Waals surface area (Å²) in [6.07, 6.45) is 0. The second-order valence-corrected chi connectivity index (χ2v) is 7.75. The van der Waals surface area contributed by atoms with E-state index in [1.54, 1.807) is 18.2 Å². The van der Waals surface area contributed by atoms with Gasteiger partial charge in [0.05, 0.1) is 16.6 Å². The molecule has 1 N–H and O–H groups in total. The Labute approximate surface area is 189 Å². The van der Waals surface area contributed by atoms with Gasteiger partial charge in [-0.1, -0.05) is 41.4 Å². The topological polar surface area (TPSA) is 47.1 Å². The van der Waals surface area contributed by atoms with E-state index in [1.165, 1.54) is 0 Å². The summed E-state index contributed by atoms with van der Waals surface area (Å²) in [6, 6.07) is 28.0. The van der Waals surface area contributed by atoms with Crippen molar-refractivity contribution >= 4 is 34.2 Å². The molecule has 0 saturated heterocycles. The van der Waals surface area contributed by atoms with E-state index in [-0.39, 0.29) is 0 Å². The number of aromatic nitrogens is 2. The van der Waals surface area contributed by atoms with Gasteiger partial charge < -0.3 is 14.5 Å². The number of H-pyrrole nitrogens is 1. The molecule has 0 atom stereocenters. The summed E-state index contributed by atoms with van der Waals surface area (Å²) in [5, 5.41) is 1.25. The summed E-state index contributed by atoms with van der Waals surface area (Å²) in [4.78, 5) is 8.08. The van der Waals surface area contributed by atoms with Crippen LogP contribution in [0.3, 0.4) is 0 Å². The molecule has 1 aromatic heterocycles. The minimum Gasteiger partial charge on any atom is -0.457 e. The van der Waals surface area contributed by atoms with Crippen LogP contribution in [0.25, 0.3) is 22.4 Å². The zero-order valence-corrected chi connectivity index (χ0v) is 17.7. The van der Waals surface area contributed by atoms with E-state index in [0.29, 0.717) is 33.1 Å². The lowest BCUT2D eigenvalue weighted by Gasteiger charge is -2.10. The van der Waals surface area contributed by atoms with Crippen LogP contribution in [0.4, 0.5) is 0 Å². The molecule has 1 heterocycles. The van der Waals surface area contributed by atoms with Crippen LogP contribution in [0.1, 0.15) is 0 Å². The lowest BCUT2D eigenvalue weighted by atomic mass is 10.2. The van der Waals surface area contributed by atoms with Crippen molar-refractivity contribution in [2.45, 2.75) is 0 Å². The predicted molar refractivity (Wildman–Crippen MR) is 125 cm³/mol. The van der Waals surface area contributed by atoms with Crippen molar-refractivity contribution < 1.29 is 9.47 Å². The molecule has 0 aliphatic heterocycles. The van der Waals surface area contributed by atoms with Gasteiger partial charge in [0.2, 0.25) is 0 Å². The standard InChI is InChI=1S/C25H16Cl2N2O2/c26-16-6-9-19(10-7-16)30-20-11-13-22-23(15-20)29-25(28-22)21-12-8-17(27)14-24(21)31-18-4-2-1-3-5-18/h1-15H,(H,28,29). The smallest absolute Gasteiger partial charge is 0.142 e. The second kappa shape index (κ2) is 8.34. The number of hydrogen-bond acceptors (Lipinski definition) is 3. The first-order chi connectivity index (χ1) is 15.1. The molecule has 0 fully saturated rings. The number of nitrogens with one attached hydrogen (secondary N) is 1. The second-order valence-electron chi connectivity index (χ2n) is 6.88. The summed E-state index contributed by atoms with van der Waals surface area (Å²) >= 11 is 12.2. The number of benzene rings is 4. The molecule has 31 heavy (non-hydrogen) atoms. The van der Waals surface area contributed by atoms with E-state index in [9.17, 15) is 0 Å². The molecule has 4 nitrogen and oxygen atoms in total. The van der Waals surface area contributed by atoms with Crippen molar-refractivity contribution in [3.05, 3.63) is 101 Å². The number of aromatic amines is 1. The maximum atomic E-state index is 6.22. The number of nitrogens with zero attached hydrogens (tertiary/aromatic N) is 1.